The van der Waals surface area contributed by atoms with Crippen LogP contribution < -0.4 is 10.2 Å². The van der Waals surface area contributed by atoms with E-state index in [-0.39, 0.29) is 5.91 Å². The van der Waals surface area contributed by atoms with Crippen molar-refractivity contribution >= 4 is 46.1 Å². The lowest BCUT2D eigenvalue weighted by Gasteiger charge is -2.11. The minimum atomic E-state index is -0.256. The molecule has 0 radical (unpaired) electrons. The van der Waals surface area contributed by atoms with Gasteiger partial charge in [-0.2, -0.15) is 5.10 Å². The van der Waals surface area contributed by atoms with E-state index in [9.17, 15) is 4.79 Å². The average Bonchev–Trinajstić information content (AvgIpc) is 2.60. The Morgan fingerprint density at radius 3 is 2.46 bits per heavy atom. The fraction of sp³-hybridized carbons (Fsp3) is 0.100. The fourth-order valence-corrected chi connectivity index (χ4v) is 3.09. The van der Waals surface area contributed by atoms with Crippen molar-refractivity contribution in [3.05, 3.63) is 75.8 Å². The van der Waals surface area contributed by atoms with Gasteiger partial charge in [0, 0.05) is 6.92 Å². The summed E-state index contributed by atoms with van der Waals surface area (Å²) in [4.78, 5) is 10.8. The van der Waals surface area contributed by atoms with E-state index in [1.165, 1.54) is 18.5 Å². The molecule has 3 aromatic rings. The normalized spacial score (nSPS) is 11.0. The molecule has 0 fully saturated rings. The predicted octanol–water partition coefficient (Wildman–Crippen LogP) is 5.20. The van der Waals surface area contributed by atoms with Gasteiger partial charge in [-0.15, -0.1) is 0 Å². The van der Waals surface area contributed by atoms with E-state index in [2.05, 4.69) is 34.8 Å². The topological polar surface area (TPSA) is 50.7 Å². The number of hydrogen-bond donors (Lipinski definition) is 1. The van der Waals surface area contributed by atoms with Gasteiger partial charge in [0.1, 0.15) is 6.61 Å². The molecule has 0 aliphatic carbocycles. The highest BCUT2D eigenvalue weighted by atomic mass is 35.5. The lowest BCUT2D eigenvalue weighted by Crippen LogP contribution is -2.12. The van der Waals surface area contributed by atoms with Gasteiger partial charge in [0.05, 0.1) is 16.3 Å². The number of carbonyl (C=O) groups excluding carboxylic acids is 1. The van der Waals surface area contributed by atoms with Crippen molar-refractivity contribution in [2.75, 3.05) is 0 Å². The zero-order valence-corrected chi connectivity index (χ0v) is 15.5. The lowest BCUT2D eigenvalue weighted by atomic mass is 10.1. The summed E-state index contributed by atoms with van der Waals surface area (Å²) < 4.78 is 5.82. The molecule has 1 N–H and O–H groups in total. The summed E-state index contributed by atoms with van der Waals surface area (Å²) in [6.07, 6.45) is 1.46. The molecule has 0 unspecified atom stereocenters. The second kappa shape index (κ2) is 8.21. The molecule has 0 spiro atoms. The molecule has 3 rings (SSSR count). The van der Waals surface area contributed by atoms with Crippen molar-refractivity contribution in [1.29, 1.82) is 0 Å². The van der Waals surface area contributed by atoms with Crippen LogP contribution in [0.1, 0.15) is 18.1 Å². The number of nitrogens with zero attached hydrogens (tertiary/aromatic N) is 1. The van der Waals surface area contributed by atoms with Crippen LogP contribution in [0.3, 0.4) is 0 Å². The highest BCUT2D eigenvalue weighted by molar-refractivity contribution is 6.37. The first kappa shape index (κ1) is 18.2. The summed E-state index contributed by atoms with van der Waals surface area (Å²) in [6, 6.07) is 17.6. The Hall–Kier alpha value is -2.56. The molecular formula is C20H16Cl2N2O2. The number of rotatable bonds is 5. The first-order valence-electron chi connectivity index (χ1n) is 7.92. The van der Waals surface area contributed by atoms with Crippen molar-refractivity contribution in [2.45, 2.75) is 13.5 Å². The summed E-state index contributed by atoms with van der Waals surface area (Å²) in [7, 11) is 0. The Kier molecular flexibility index (Phi) is 5.76. The fourth-order valence-electron chi connectivity index (χ4n) is 2.47. The van der Waals surface area contributed by atoms with Gasteiger partial charge in [0.25, 0.3) is 0 Å². The second-order valence-electron chi connectivity index (χ2n) is 5.71. The standard InChI is InChI=1S/C20H16Cl2N2O2/c1-13(25)24-23-11-15-9-18(21)20(19(22)10-15)26-12-14-6-7-16-4-2-3-5-17(16)8-14/h2-11H,12H2,1H3,(H,24,25)/b23-11-. The van der Waals surface area contributed by atoms with Gasteiger partial charge in [-0.25, -0.2) is 5.43 Å². The highest BCUT2D eigenvalue weighted by Crippen LogP contribution is 2.34. The van der Waals surface area contributed by atoms with E-state index in [4.69, 9.17) is 27.9 Å². The zero-order valence-electron chi connectivity index (χ0n) is 14.0. The van der Waals surface area contributed by atoms with E-state index < -0.39 is 0 Å². The van der Waals surface area contributed by atoms with E-state index in [1.54, 1.807) is 12.1 Å². The van der Waals surface area contributed by atoms with Crippen LogP contribution in [0.5, 0.6) is 5.75 Å². The number of halogens is 2. The Labute approximate surface area is 161 Å². The minimum Gasteiger partial charge on any atom is -0.486 e. The van der Waals surface area contributed by atoms with E-state index >= 15 is 0 Å². The van der Waals surface area contributed by atoms with Gasteiger partial charge in [0.2, 0.25) is 5.91 Å². The average molecular weight is 387 g/mol. The Bertz CT molecular complexity index is 963. The number of hydrazone groups is 1. The van der Waals surface area contributed by atoms with Crippen LogP contribution in [0.2, 0.25) is 10.0 Å². The van der Waals surface area contributed by atoms with Crippen LogP contribution in [-0.2, 0) is 11.4 Å². The number of hydrogen-bond acceptors (Lipinski definition) is 3. The van der Waals surface area contributed by atoms with E-state index in [0.717, 1.165) is 10.9 Å². The largest absolute Gasteiger partial charge is 0.486 e. The van der Waals surface area contributed by atoms with Crippen LogP contribution >= 0.6 is 23.2 Å². The molecule has 0 bridgehead atoms. The van der Waals surface area contributed by atoms with Crippen LogP contribution in [-0.4, -0.2) is 12.1 Å². The highest BCUT2D eigenvalue weighted by Gasteiger charge is 2.10. The Morgan fingerprint density at radius 2 is 1.77 bits per heavy atom. The number of nitrogens with one attached hydrogen (secondary N) is 1. The van der Waals surface area contributed by atoms with E-state index in [1.807, 2.05) is 18.2 Å². The Balaban J connectivity index is 1.74. The van der Waals surface area contributed by atoms with Crippen molar-refractivity contribution in [3.63, 3.8) is 0 Å². The van der Waals surface area contributed by atoms with Crippen LogP contribution in [0.15, 0.2) is 59.7 Å². The summed E-state index contributed by atoms with van der Waals surface area (Å²) in [5, 5.41) is 6.87. The first-order chi connectivity index (χ1) is 12.5. The molecule has 1 amide bonds. The molecule has 6 heteroatoms. The molecule has 0 aliphatic rings. The molecule has 132 valence electrons. The first-order valence-corrected chi connectivity index (χ1v) is 8.67. The number of fused-ring (bicyclic) bond motifs is 1. The SMILES string of the molecule is CC(=O)N/N=C\c1cc(Cl)c(OCc2ccc3ccccc3c2)c(Cl)c1. The molecule has 0 saturated carbocycles. The second-order valence-corrected chi connectivity index (χ2v) is 6.52. The van der Waals surface area contributed by atoms with Gasteiger partial charge >= 0.3 is 0 Å². The maximum Gasteiger partial charge on any atom is 0.236 e. The van der Waals surface area contributed by atoms with E-state index in [0.29, 0.717) is 28.0 Å². The van der Waals surface area contributed by atoms with Gasteiger partial charge in [0.15, 0.2) is 5.75 Å². The van der Waals surface area contributed by atoms with Crippen molar-refractivity contribution in [1.82, 2.24) is 5.43 Å². The minimum absolute atomic E-state index is 0.256. The maximum absolute atomic E-state index is 10.8. The molecule has 0 aromatic heterocycles. The van der Waals surface area contributed by atoms with Gasteiger partial charge < -0.3 is 4.74 Å². The number of amides is 1. The molecule has 3 aromatic carbocycles. The van der Waals surface area contributed by atoms with Crippen molar-refractivity contribution < 1.29 is 9.53 Å². The molecule has 0 heterocycles. The van der Waals surface area contributed by atoms with Gasteiger partial charge in [-0.05, 0) is 40.1 Å². The third-order valence-corrected chi connectivity index (χ3v) is 4.21. The maximum atomic E-state index is 10.8. The summed E-state index contributed by atoms with van der Waals surface area (Å²) in [5.74, 6) is 0.159. The predicted molar refractivity (Wildman–Crippen MR) is 106 cm³/mol. The van der Waals surface area contributed by atoms with Crippen molar-refractivity contribution in [2.24, 2.45) is 5.10 Å². The summed E-state index contributed by atoms with van der Waals surface area (Å²) in [5.41, 5.74) is 4.00. The zero-order chi connectivity index (χ0) is 18.5. The smallest absolute Gasteiger partial charge is 0.236 e. The quantitative estimate of drug-likeness (QED) is 0.484. The van der Waals surface area contributed by atoms with Crippen LogP contribution in [0.4, 0.5) is 0 Å². The third-order valence-electron chi connectivity index (χ3n) is 3.65. The Morgan fingerprint density at radius 1 is 1.08 bits per heavy atom. The monoisotopic (exact) mass is 386 g/mol. The van der Waals surface area contributed by atoms with Crippen molar-refractivity contribution in [3.8, 4) is 5.75 Å². The van der Waals surface area contributed by atoms with Crippen LogP contribution in [0.25, 0.3) is 10.8 Å². The summed E-state index contributed by atoms with van der Waals surface area (Å²) in [6.45, 7) is 1.73. The molecule has 0 aliphatic heterocycles. The number of benzene rings is 3. The van der Waals surface area contributed by atoms with Crippen LogP contribution in [0, 0.1) is 0 Å². The van der Waals surface area contributed by atoms with Gasteiger partial charge in [-0.3, -0.25) is 4.79 Å². The summed E-state index contributed by atoms with van der Waals surface area (Å²) >= 11 is 12.6. The molecular weight excluding hydrogens is 371 g/mol. The number of ether oxygens (including phenoxy) is 1. The molecule has 4 nitrogen and oxygen atoms in total. The molecule has 0 atom stereocenters. The molecule has 0 saturated heterocycles. The lowest BCUT2D eigenvalue weighted by molar-refractivity contribution is -0.118. The third kappa shape index (κ3) is 4.54. The van der Waals surface area contributed by atoms with Gasteiger partial charge in [-0.1, -0.05) is 59.6 Å². The molecule has 26 heavy (non-hydrogen) atoms. The number of carbonyl (C=O) groups is 1.